The van der Waals surface area contributed by atoms with E-state index < -0.39 is 0 Å². The van der Waals surface area contributed by atoms with Crippen LogP contribution in [0.4, 0.5) is 0 Å². The summed E-state index contributed by atoms with van der Waals surface area (Å²) < 4.78 is 10.8. The van der Waals surface area contributed by atoms with Crippen molar-refractivity contribution in [3.05, 3.63) is 47.4 Å². The minimum absolute atomic E-state index is 0.151. The Morgan fingerprint density at radius 1 is 1.25 bits per heavy atom. The van der Waals surface area contributed by atoms with E-state index in [-0.39, 0.29) is 11.9 Å². The van der Waals surface area contributed by atoms with Crippen LogP contribution in [-0.4, -0.2) is 49.7 Å². The highest BCUT2D eigenvalue weighted by atomic mass is 16.6. The fourth-order valence-corrected chi connectivity index (χ4v) is 3.29. The lowest BCUT2D eigenvalue weighted by Crippen LogP contribution is -2.49. The van der Waals surface area contributed by atoms with Crippen molar-refractivity contribution in [1.29, 1.82) is 0 Å². The Hall–Kier alpha value is -2.01. The number of hydrogen-bond acceptors (Lipinski definition) is 4. The van der Waals surface area contributed by atoms with Crippen molar-refractivity contribution in [2.75, 3.05) is 32.8 Å². The number of allylic oxidation sites excluding steroid dienone is 1. The normalized spacial score (nSPS) is 21.8. The maximum Gasteiger partial charge on any atom is 0.290 e. The lowest BCUT2D eigenvalue weighted by Gasteiger charge is -2.33. The molecule has 24 heavy (non-hydrogen) atoms. The quantitative estimate of drug-likeness (QED) is 0.898. The number of benzene rings is 1. The molecule has 1 atom stereocenters. The van der Waals surface area contributed by atoms with Gasteiger partial charge in [0, 0.05) is 19.1 Å². The molecule has 3 rings (SSSR count). The van der Waals surface area contributed by atoms with Crippen molar-refractivity contribution in [2.24, 2.45) is 0 Å². The molecule has 2 aliphatic heterocycles. The average Bonchev–Trinajstić information content (AvgIpc) is 2.61. The molecule has 0 aromatic heterocycles. The molecule has 1 amide bonds. The van der Waals surface area contributed by atoms with E-state index in [1.807, 2.05) is 6.07 Å². The number of rotatable bonds is 5. The van der Waals surface area contributed by atoms with Gasteiger partial charge in [-0.05, 0) is 38.3 Å². The Kier molecular flexibility index (Phi) is 5.75. The van der Waals surface area contributed by atoms with E-state index in [9.17, 15) is 4.79 Å². The maximum absolute atomic E-state index is 12.4. The molecule has 5 heteroatoms. The molecule has 0 spiro atoms. The lowest BCUT2D eigenvalue weighted by atomic mass is 10.0. The zero-order chi connectivity index (χ0) is 16.8. The lowest BCUT2D eigenvalue weighted by molar-refractivity contribution is -0.123. The Labute approximate surface area is 143 Å². The minimum Gasteiger partial charge on any atom is -0.491 e. The van der Waals surface area contributed by atoms with Crippen LogP contribution < -0.4 is 5.32 Å². The van der Waals surface area contributed by atoms with E-state index in [1.165, 1.54) is 5.56 Å². The monoisotopic (exact) mass is 330 g/mol. The molecule has 5 nitrogen and oxygen atoms in total. The molecule has 2 heterocycles. The molecule has 1 aromatic rings. The van der Waals surface area contributed by atoms with Gasteiger partial charge >= 0.3 is 0 Å². The Balaban J connectivity index is 1.49. The number of nitrogens with zero attached hydrogens (tertiary/aromatic N) is 1. The fraction of sp³-hybridized carbons (Fsp3) is 0.526. The van der Waals surface area contributed by atoms with E-state index >= 15 is 0 Å². The number of amides is 1. The summed E-state index contributed by atoms with van der Waals surface area (Å²) in [5, 5.41) is 3.10. The Morgan fingerprint density at radius 2 is 2.04 bits per heavy atom. The molecule has 0 bridgehead atoms. The highest BCUT2D eigenvalue weighted by Crippen LogP contribution is 2.15. The zero-order valence-electron chi connectivity index (χ0n) is 14.3. The van der Waals surface area contributed by atoms with Crippen LogP contribution >= 0.6 is 0 Å². The number of nitrogens with one attached hydrogen (secondary N) is 1. The number of piperidine rings is 1. The second-order valence-corrected chi connectivity index (χ2v) is 6.43. The predicted octanol–water partition coefficient (Wildman–Crippen LogP) is 2.09. The molecule has 0 radical (unpaired) electrons. The summed E-state index contributed by atoms with van der Waals surface area (Å²) in [5.74, 6) is 0.764. The molecular weight excluding hydrogens is 304 g/mol. The largest absolute Gasteiger partial charge is 0.491 e. The molecule has 2 aliphatic rings. The van der Waals surface area contributed by atoms with Crippen LogP contribution in [-0.2, 0) is 20.7 Å². The summed E-state index contributed by atoms with van der Waals surface area (Å²) in [6.07, 6.45) is 3.17. The van der Waals surface area contributed by atoms with Crippen LogP contribution in [0.1, 0.15) is 25.3 Å². The van der Waals surface area contributed by atoms with Gasteiger partial charge in [0.25, 0.3) is 5.91 Å². The zero-order valence-corrected chi connectivity index (χ0v) is 14.3. The highest BCUT2D eigenvalue weighted by Gasteiger charge is 2.25. The van der Waals surface area contributed by atoms with Gasteiger partial charge in [0.15, 0.2) is 0 Å². The molecule has 1 N–H and O–H groups in total. The van der Waals surface area contributed by atoms with E-state index in [1.54, 1.807) is 6.92 Å². The first kappa shape index (κ1) is 16.8. The van der Waals surface area contributed by atoms with Crippen molar-refractivity contribution >= 4 is 5.91 Å². The van der Waals surface area contributed by atoms with Gasteiger partial charge in [-0.25, -0.2) is 0 Å². The van der Waals surface area contributed by atoms with Crippen molar-refractivity contribution in [1.82, 2.24) is 10.2 Å². The van der Waals surface area contributed by atoms with Gasteiger partial charge in [-0.15, -0.1) is 0 Å². The van der Waals surface area contributed by atoms with Crippen LogP contribution in [0, 0.1) is 0 Å². The molecule has 1 fully saturated rings. The smallest absolute Gasteiger partial charge is 0.290 e. The topological polar surface area (TPSA) is 50.8 Å². The van der Waals surface area contributed by atoms with Gasteiger partial charge in [0.05, 0.1) is 0 Å². The molecule has 0 saturated carbocycles. The summed E-state index contributed by atoms with van der Waals surface area (Å²) in [6.45, 7) is 5.75. The summed E-state index contributed by atoms with van der Waals surface area (Å²) in [7, 11) is 0. The van der Waals surface area contributed by atoms with Gasteiger partial charge in [0.2, 0.25) is 5.76 Å². The predicted molar refractivity (Wildman–Crippen MR) is 92.4 cm³/mol. The van der Waals surface area contributed by atoms with Gasteiger partial charge < -0.3 is 19.7 Å². The van der Waals surface area contributed by atoms with Crippen LogP contribution in [0.3, 0.4) is 0 Å². The van der Waals surface area contributed by atoms with Gasteiger partial charge in [-0.1, -0.05) is 30.3 Å². The van der Waals surface area contributed by atoms with E-state index in [0.717, 1.165) is 38.9 Å². The third kappa shape index (κ3) is 4.51. The summed E-state index contributed by atoms with van der Waals surface area (Å²) in [6, 6.07) is 10.7. The Morgan fingerprint density at radius 3 is 2.83 bits per heavy atom. The molecular formula is C19H26N2O3. The van der Waals surface area contributed by atoms with Crippen molar-refractivity contribution in [3.63, 3.8) is 0 Å². The molecule has 1 saturated heterocycles. The Bertz CT molecular complexity index is 586. The van der Waals surface area contributed by atoms with Crippen LogP contribution in [0.25, 0.3) is 0 Å². The molecule has 130 valence electrons. The van der Waals surface area contributed by atoms with Crippen molar-refractivity contribution in [2.45, 2.75) is 32.2 Å². The van der Waals surface area contributed by atoms with Gasteiger partial charge in [-0.3, -0.25) is 4.79 Å². The number of carbonyl (C=O) groups excluding carboxylic acids is 1. The van der Waals surface area contributed by atoms with Crippen LogP contribution in [0.2, 0.25) is 0 Å². The number of hydrogen-bond donors (Lipinski definition) is 1. The summed E-state index contributed by atoms with van der Waals surface area (Å²) >= 11 is 0. The first-order chi connectivity index (χ1) is 11.7. The van der Waals surface area contributed by atoms with E-state index in [4.69, 9.17) is 9.47 Å². The highest BCUT2D eigenvalue weighted by molar-refractivity contribution is 5.92. The summed E-state index contributed by atoms with van der Waals surface area (Å²) in [5.41, 5.74) is 1.36. The summed E-state index contributed by atoms with van der Waals surface area (Å²) in [4.78, 5) is 14.8. The third-order valence-electron chi connectivity index (χ3n) is 4.57. The minimum atomic E-state index is -0.151. The SMILES string of the molecule is CC1=C(C(=O)N[C@H]2CCCN(CCc3ccccc3)C2)OCCO1. The molecule has 0 aliphatic carbocycles. The molecule has 0 unspecified atom stereocenters. The first-order valence-corrected chi connectivity index (χ1v) is 8.76. The van der Waals surface area contributed by atoms with Crippen molar-refractivity contribution < 1.29 is 14.3 Å². The van der Waals surface area contributed by atoms with E-state index in [2.05, 4.69) is 34.5 Å². The maximum atomic E-state index is 12.4. The number of ether oxygens (including phenoxy) is 2. The average molecular weight is 330 g/mol. The standard InChI is InChI=1S/C19H26N2O3/c1-15-18(24-13-12-23-15)19(22)20-17-8-5-10-21(14-17)11-9-16-6-3-2-4-7-16/h2-4,6-7,17H,5,8-14H2,1H3,(H,20,22)/t17-/m0/s1. The fourth-order valence-electron chi connectivity index (χ4n) is 3.29. The van der Waals surface area contributed by atoms with Gasteiger partial charge in [0.1, 0.15) is 19.0 Å². The first-order valence-electron chi connectivity index (χ1n) is 8.76. The molecule has 1 aromatic carbocycles. The second-order valence-electron chi connectivity index (χ2n) is 6.43. The van der Waals surface area contributed by atoms with Crippen LogP contribution in [0.15, 0.2) is 41.9 Å². The van der Waals surface area contributed by atoms with Crippen LogP contribution in [0.5, 0.6) is 0 Å². The van der Waals surface area contributed by atoms with Crippen molar-refractivity contribution in [3.8, 4) is 0 Å². The second kappa shape index (κ2) is 8.20. The number of carbonyl (C=O) groups is 1. The van der Waals surface area contributed by atoms with E-state index in [0.29, 0.717) is 24.7 Å². The number of likely N-dealkylation sites (tertiary alicyclic amines) is 1. The van der Waals surface area contributed by atoms with Gasteiger partial charge in [-0.2, -0.15) is 0 Å². The third-order valence-corrected chi connectivity index (χ3v) is 4.57.